The van der Waals surface area contributed by atoms with Crippen LogP contribution in [0.25, 0.3) is 0 Å². The summed E-state index contributed by atoms with van der Waals surface area (Å²) in [7, 11) is 0. The zero-order valence-electron chi connectivity index (χ0n) is 14.5. The van der Waals surface area contributed by atoms with E-state index in [1.54, 1.807) is 18.2 Å². The van der Waals surface area contributed by atoms with E-state index in [0.29, 0.717) is 17.3 Å². The van der Waals surface area contributed by atoms with Crippen LogP contribution in [-0.2, 0) is 4.79 Å². The van der Waals surface area contributed by atoms with Gasteiger partial charge in [-0.2, -0.15) is 5.26 Å². The van der Waals surface area contributed by atoms with Gasteiger partial charge in [0.05, 0.1) is 23.6 Å². The van der Waals surface area contributed by atoms with Crippen molar-refractivity contribution in [2.75, 3.05) is 18.0 Å². The molecule has 1 fully saturated rings. The molecule has 0 unspecified atom stereocenters. The highest BCUT2D eigenvalue weighted by Gasteiger charge is 2.27. The average Bonchev–Trinajstić information content (AvgIpc) is 2.68. The van der Waals surface area contributed by atoms with Crippen molar-refractivity contribution < 1.29 is 4.79 Å². The predicted molar refractivity (Wildman–Crippen MR) is 99.7 cm³/mol. The Hall–Kier alpha value is -2.65. The third-order valence-electron chi connectivity index (χ3n) is 4.63. The first kappa shape index (κ1) is 18.2. The molecule has 7 heteroatoms. The molecule has 0 saturated carbocycles. The molecule has 1 aromatic carbocycles. The Morgan fingerprint density at radius 2 is 2.08 bits per heavy atom. The van der Waals surface area contributed by atoms with Crippen LogP contribution in [0.15, 0.2) is 36.4 Å². The van der Waals surface area contributed by atoms with Gasteiger partial charge in [0, 0.05) is 13.1 Å². The summed E-state index contributed by atoms with van der Waals surface area (Å²) in [4.78, 5) is 14.8. The summed E-state index contributed by atoms with van der Waals surface area (Å²) < 4.78 is 0. The first-order valence-corrected chi connectivity index (χ1v) is 8.99. The number of hydrogen-bond acceptors (Lipinski definition) is 5. The van der Waals surface area contributed by atoms with E-state index in [4.69, 9.17) is 16.9 Å². The van der Waals surface area contributed by atoms with Crippen molar-refractivity contribution in [1.82, 2.24) is 15.5 Å². The highest BCUT2D eigenvalue weighted by Crippen LogP contribution is 2.23. The quantitative estimate of drug-likeness (QED) is 0.895. The zero-order chi connectivity index (χ0) is 18.5. The van der Waals surface area contributed by atoms with Gasteiger partial charge in [0.15, 0.2) is 11.0 Å². The molecule has 1 aromatic heterocycles. The molecular formula is C19H20ClN5O. The highest BCUT2D eigenvalue weighted by atomic mass is 35.5. The van der Waals surface area contributed by atoms with Gasteiger partial charge in [0.1, 0.15) is 0 Å². The number of benzene rings is 1. The van der Waals surface area contributed by atoms with Gasteiger partial charge in [-0.15, -0.1) is 10.2 Å². The predicted octanol–water partition coefficient (Wildman–Crippen LogP) is 3.10. The number of aromatic nitrogens is 2. The van der Waals surface area contributed by atoms with E-state index in [2.05, 4.69) is 26.5 Å². The average molecular weight is 370 g/mol. The number of carbonyl (C=O) groups is 1. The minimum absolute atomic E-state index is 0.0356. The van der Waals surface area contributed by atoms with Crippen LogP contribution in [0.4, 0.5) is 5.82 Å². The van der Waals surface area contributed by atoms with Crippen LogP contribution >= 0.6 is 11.6 Å². The lowest BCUT2D eigenvalue weighted by Gasteiger charge is -2.33. The Morgan fingerprint density at radius 3 is 2.73 bits per heavy atom. The van der Waals surface area contributed by atoms with E-state index in [1.165, 1.54) is 0 Å². The molecule has 0 spiro atoms. The van der Waals surface area contributed by atoms with Crippen molar-refractivity contribution in [2.45, 2.75) is 25.8 Å². The molecule has 134 valence electrons. The molecule has 1 aliphatic heterocycles. The fraction of sp³-hybridized carbons (Fsp3) is 0.368. The summed E-state index contributed by atoms with van der Waals surface area (Å²) in [5.74, 6) is 0.683. The lowest BCUT2D eigenvalue weighted by Crippen LogP contribution is -2.44. The van der Waals surface area contributed by atoms with E-state index in [9.17, 15) is 4.79 Å². The highest BCUT2D eigenvalue weighted by molar-refractivity contribution is 6.29. The van der Waals surface area contributed by atoms with Crippen LogP contribution in [0.3, 0.4) is 0 Å². The number of nitrogens with one attached hydrogen (secondary N) is 1. The summed E-state index contributed by atoms with van der Waals surface area (Å²) in [5.41, 5.74) is 1.59. The van der Waals surface area contributed by atoms with Gasteiger partial charge in [-0.1, -0.05) is 23.7 Å². The van der Waals surface area contributed by atoms with Crippen LogP contribution in [0.2, 0.25) is 5.15 Å². The van der Waals surface area contributed by atoms with E-state index in [0.717, 1.165) is 30.8 Å². The Morgan fingerprint density at radius 1 is 1.31 bits per heavy atom. The van der Waals surface area contributed by atoms with Gasteiger partial charge in [-0.3, -0.25) is 4.79 Å². The van der Waals surface area contributed by atoms with E-state index < -0.39 is 0 Å². The number of piperidine rings is 1. The number of hydrogen-bond donors (Lipinski definition) is 1. The van der Waals surface area contributed by atoms with E-state index in [1.807, 2.05) is 25.1 Å². The lowest BCUT2D eigenvalue weighted by atomic mass is 9.96. The molecule has 0 radical (unpaired) electrons. The molecule has 0 aliphatic carbocycles. The van der Waals surface area contributed by atoms with Crippen LogP contribution in [0, 0.1) is 17.2 Å². The minimum Gasteiger partial charge on any atom is -0.354 e. The number of carbonyl (C=O) groups excluding carboxylic acids is 1. The number of nitriles is 1. The third kappa shape index (κ3) is 4.30. The summed E-state index contributed by atoms with van der Waals surface area (Å²) in [5, 5.41) is 20.3. The van der Waals surface area contributed by atoms with Crippen molar-refractivity contribution in [3.8, 4) is 6.07 Å². The molecule has 1 aliphatic rings. The van der Waals surface area contributed by atoms with Crippen molar-refractivity contribution in [2.24, 2.45) is 5.92 Å². The molecule has 0 bridgehead atoms. The van der Waals surface area contributed by atoms with Gasteiger partial charge >= 0.3 is 0 Å². The first-order valence-electron chi connectivity index (χ1n) is 8.61. The lowest BCUT2D eigenvalue weighted by molar-refractivity contribution is -0.125. The molecule has 2 heterocycles. The Balaban J connectivity index is 1.61. The van der Waals surface area contributed by atoms with Gasteiger partial charge < -0.3 is 10.2 Å². The van der Waals surface area contributed by atoms with Gasteiger partial charge in [-0.05, 0) is 49.6 Å². The SMILES string of the molecule is C[C@@H](NC(=O)[C@H]1CCCN(c2ccc(Cl)nn2)C1)c1ccc(C#N)cc1. The topological polar surface area (TPSA) is 81.9 Å². The second kappa shape index (κ2) is 8.15. The van der Waals surface area contributed by atoms with Crippen LogP contribution in [0.5, 0.6) is 0 Å². The van der Waals surface area contributed by atoms with Crippen molar-refractivity contribution in [3.63, 3.8) is 0 Å². The van der Waals surface area contributed by atoms with Gasteiger partial charge in [0.2, 0.25) is 5.91 Å². The first-order chi connectivity index (χ1) is 12.6. The molecule has 1 amide bonds. The molecule has 3 rings (SSSR count). The second-order valence-electron chi connectivity index (χ2n) is 6.46. The number of rotatable bonds is 4. The normalized spacial score (nSPS) is 18.0. The Kier molecular flexibility index (Phi) is 5.69. The minimum atomic E-state index is -0.110. The molecular weight excluding hydrogens is 350 g/mol. The molecule has 2 aromatic rings. The zero-order valence-corrected chi connectivity index (χ0v) is 15.3. The number of amides is 1. The van der Waals surface area contributed by atoms with E-state index >= 15 is 0 Å². The third-order valence-corrected chi connectivity index (χ3v) is 4.83. The van der Waals surface area contributed by atoms with Gasteiger partial charge in [-0.25, -0.2) is 0 Å². The standard InChI is InChI=1S/C19H20ClN5O/c1-13(15-6-4-14(11-21)5-7-15)22-19(26)16-3-2-10-25(12-16)18-9-8-17(20)23-24-18/h4-9,13,16H,2-3,10,12H2,1H3,(H,22,26)/t13-,16+/m1/s1. The fourth-order valence-corrected chi connectivity index (χ4v) is 3.24. The molecule has 1 N–H and O–H groups in total. The largest absolute Gasteiger partial charge is 0.354 e. The maximum atomic E-state index is 12.7. The maximum Gasteiger partial charge on any atom is 0.225 e. The maximum absolute atomic E-state index is 12.7. The molecule has 1 saturated heterocycles. The van der Waals surface area contributed by atoms with Crippen LogP contribution in [0.1, 0.15) is 36.9 Å². The van der Waals surface area contributed by atoms with Crippen LogP contribution in [-0.4, -0.2) is 29.2 Å². The number of nitrogens with zero attached hydrogens (tertiary/aromatic N) is 4. The van der Waals surface area contributed by atoms with E-state index in [-0.39, 0.29) is 17.9 Å². The summed E-state index contributed by atoms with van der Waals surface area (Å²) in [6, 6.07) is 12.8. The molecule has 26 heavy (non-hydrogen) atoms. The van der Waals surface area contributed by atoms with Crippen molar-refractivity contribution in [1.29, 1.82) is 5.26 Å². The second-order valence-corrected chi connectivity index (χ2v) is 6.85. The Labute approximate surface area is 157 Å². The smallest absolute Gasteiger partial charge is 0.225 e. The number of anilines is 1. The van der Waals surface area contributed by atoms with Crippen molar-refractivity contribution >= 4 is 23.3 Å². The number of halogens is 1. The summed E-state index contributed by atoms with van der Waals surface area (Å²) >= 11 is 5.79. The monoisotopic (exact) mass is 369 g/mol. The molecule has 2 atom stereocenters. The molecule has 6 nitrogen and oxygen atoms in total. The summed E-state index contributed by atoms with van der Waals surface area (Å²) in [6.07, 6.45) is 1.77. The summed E-state index contributed by atoms with van der Waals surface area (Å²) in [6.45, 7) is 3.41. The van der Waals surface area contributed by atoms with Gasteiger partial charge in [0.25, 0.3) is 0 Å². The van der Waals surface area contributed by atoms with Crippen LogP contribution < -0.4 is 10.2 Å². The fourth-order valence-electron chi connectivity index (χ4n) is 3.14. The Bertz CT molecular complexity index is 800. The van der Waals surface area contributed by atoms with Crippen molar-refractivity contribution in [3.05, 3.63) is 52.7 Å².